The van der Waals surface area contributed by atoms with E-state index in [1.165, 1.54) is 10.5 Å². The smallest absolute Gasteiger partial charge is 0.415 e. The molecule has 0 spiro atoms. The number of carbonyl (C=O) groups excluding carboxylic acids is 2. The average molecular weight is 420 g/mol. The number of nitrogens with one attached hydrogen (secondary N) is 1. The fourth-order valence-corrected chi connectivity index (χ4v) is 4.01. The number of benzene rings is 1. The highest BCUT2D eigenvalue weighted by molar-refractivity contribution is 6.64. The van der Waals surface area contributed by atoms with Crippen LogP contribution in [0, 0.1) is 5.92 Å². The number of carbonyl (C=O) groups is 2. The second-order valence-corrected chi connectivity index (χ2v) is 8.09. The maximum atomic E-state index is 11.9. The van der Waals surface area contributed by atoms with Crippen LogP contribution in [0.2, 0.25) is 0 Å². The molecule has 2 aliphatic rings. The van der Waals surface area contributed by atoms with E-state index in [-0.39, 0.29) is 18.7 Å². The molecule has 1 aromatic carbocycles. The van der Waals surface area contributed by atoms with E-state index in [1.54, 1.807) is 13.6 Å². The number of amides is 1. The van der Waals surface area contributed by atoms with Crippen molar-refractivity contribution in [2.24, 2.45) is 5.92 Å². The molecule has 2 aliphatic heterocycles. The van der Waals surface area contributed by atoms with E-state index in [0.29, 0.717) is 24.2 Å². The lowest BCUT2D eigenvalue weighted by atomic mass is 9.82. The minimum Gasteiger partial charge on any atom is -0.444 e. The lowest BCUT2D eigenvalue weighted by Crippen LogP contribution is -2.49. The third-order valence-electron chi connectivity index (χ3n) is 5.91. The Balaban J connectivity index is 1.33. The molecule has 1 amide bonds. The fraction of sp³-hybridized carbons (Fsp3) is 0.455. The quantitative estimate of drug-likeness (QED) is 0.493. The Hall–Kier alpha value is -2.94. The number of fused-ring (bicyclic) bond motifs is 1. The number of ether oxygens (including phenoxy) is 1. The molecule has 3 heterocycles. The molecule has 1 aromatic heterocycles. The first-order valence-corrected chi connectivity index (χ1v) is 10.8. The van der Waals surface area contributed by atoms with Gasteiger partial charge in [-0.25, -0.2) is 9.78 Å². The van der Waals surface area contributed by atoms with Crippen molar-refractivity contribution in [3.8, 4) is 0 Å². The first kappa shape index (κ1) is 21.3. The lowest BCUT2D eigenvalue weighted by molar-refractivity contribution is 0.141. The lowest BCUT2D eigenvalue weighted by Gasteiger charge is -2.38. The zero-order chi connectivity index (χ0) is 21.8. The van der Waals surface area contributed by atoms with Gasteiger partial charge in [-0.15, -0.1) is 0 Å². The van der Waals surface area contributed by atoms with Gasteiger partial charge >= 0.3 is 6.09 Å². The topological polar surface area (TPSA) is 87.7 Å². The summed E-state index contributed by atoms with van der Waals surface area (Å²) in [6.07, 6.45) is 4.37. The summed E-state index contributed by atoms with van der Waals surface area (Å²) in [7, 11) is 1.62. The van der Waals surface area contributed by atoms with Crippen LogP contribution in [-0.4, -0.2) is 54.1 Å². The summed E-state index contributed by atoms with van der Waals surface area (Å²) < 4.78 is 5.14. The predicted octanol–water partition coefficient (Wildman–Crippen LogP) is 2.80. The van der Waals surface area contributed by atoms with Gasteiger partial charge in [0.1, 0.15) is 12.4 Å². The molecular formula is C22H27BN5O3. The van der Waals surface area contributed by atoms with Crippen LogP contribution in [0.15, 0.2) is 30.5 Å². The molecule has 1 atom stereocenters. The highest BCUT2D eigenvalue weighted by Crippen LogP contribution is 2.27. The zero-order valence-corrected chi connectivity index (χ0v) is 18.0. The van der Waals surface area contributed by atoms with Crippen LogP contribution in [-0.2, 0) is 22.6 Å². The number of anilines is 2. The van der Waals surface area contributed by atoms with E-state index >= 15 is 0 Å². The molecule has 31 heavy (non-hydrogen) atoms. The first-order valence-electron chi connectivity index (χ1n) is 10.8. The summed E-state index contributed by atoms with van der Waals surface area (Å²) in [4.78, 5) is 34.9. The third-order valence-corrected chi connectivity index (χ3v) is 5.91. The van der Waals surface area contributed by atoms with Crippen molar-refractivity contribution < 1.29 is 14.3 Å². The number of nitrogens with zero attached hydrogens (tertiary/aromatic N) is 4. The Morgan fingerprint density at radius 3 is 2.81 bits per heavy atom. The van der Waals surface area contributed by atoms with E-state index in [9.17, 15) is 9.59 Å². The molecule has 9 heteroatoms. The summed E-state index contributed by atoms with van der Waals surface area (Å²) >= 11 is 0. The van der Waals surface area contributed by atoms with Crippen molar-refractivity contribution in [2.75, 3.05) is 29.9 Å². The Labute approximate surface area is 183 Å². The fourth-order valence-electron chi connectivity index (χ4n) is 4.01. The van der Waals surface area contributed by atoms with Crippen LogP contribution in [0.25, 0.3) is 0 Å². The second kappa shape index (κ2) is 9.47. The molecular weight excluding hydrogens is 393 g/mol. The van der Waals surface area contributed by atoms with Crippen molar-refractivity contribution in [1.29, 1.82) is 0 Å². The molecule has 161 valence electrons. The molecule has 1 saturated heterocycles. The van der Waals surface area contributed by atoms with Crippen LogP contribution < -0.4 is 10.2 Å². The van der Waals surface area contributed by atoms with Gasteiger partial charge < -0.3 is 19.7 Å². The first-order chi connectivity index (χ1) is 15.1. The van der Waals surface area contributed by atoms with Crippen LogP contribution in [0.1, 0.15) is 43.0 Å². The zero-order valence-electron chi connectivity index (χ0n) is 18.0. The van der Waals surface area contributed by atoms with Crippen molar-refractivity contribution in [2.45, 2.75) is 39.3 Å². The summed E-state index contributed by atoms with van der Waals surface area (Å²) in [5.41, 5.74) is 3.27. The summed E-state index contributed by atoms with van der Waals surface area (Å²) in [6, 6.07) is 8.63. The molecule has 8 nitrogen and oxygen atoms in total. The van der Waals surface area contributed by atoms with E-state index < -0.39 is 0 Å². The molecule has 0 saturated carbocycles. The van der Waals surface area contributed by atoms with Gasteiger partial charge in [0.25, 0.3) is 7.41 Å². The SMILES string of the molecule is CCN1C(=O)OCc2cnc(N[C@@H](C)c3ccc(CCC4CN([B]C=O)C4)cc3)nc21. The van der Waals surface area contributed by atoms with Crippen LogP contribution in [0.5, 0.6) is 0 Å². The minimum absolute atomic E-state index is 0.0248. The van der Waals surface area contributed by atoms with Gasteiger partial charge in [0.15, 0.2) is 0 Å². The number of rotatable bonds is 9. The number of aryl methyl sites for hydroxylation is 1. The predicted molar refractivity (Wildman–Crippen MR) is 120 cm³/mol. The maximum Gasteiger partial charge on any atom is 0.415 e. The highest BCUT2D eigenvalue weighted by Gasteiger charge is 2.27. The number of hydrogen-bond acceptors (Lipinski definition) is 7. The normalized spacial score (nSPS) is 17.4. The third kappa shape index (κ3) is 4.87. The maximum absolute atomic E-state index is 11.9. The monoisotopic (exact) mass is 420 g/mol. The molecule has 0 aliphatic carbocycles. The Kier molecular flexibility index (Phi) is 6.51. The molecule has 1 fully saturated rings. The number of cyclic esters (lactones) is 1. The second-order valence-electron chi connectivity index (χ2n) is 8.09. The Morgan fingerprint density at radius 2 is 2.10 bits per heavy atom. The Bertz CT molecular complexity index is 933. The molecule has 1 N–H and O–H groups in total. The van der Waals surface area contributed by atoms with Gasteiger partial charge in [0.2, 0.25) is 5.95 Å². The minimum atomic E-state index is -0.375. The van der Waals surface area contributed by atoms with E-state index in [0.717, 1.165) is 43.2 Å². The highest BCUT2D eigenvalue weighted by atomic mass is 16.6. The van der Waals surface area contributed by atoms with Gasteiger partial charge in [-0.3, -0.25) is 4.90 Å². The summed E-state index contributed by atoms with van der Waals surface area (Å²) in [5, 5.41) is 3.33. The van der Waals surface area contributed by atoms with Crippen molar-refractivity contribution in [3.63, 3.8) is 0 Å². The van der Waals surface area contributed by atoms with E-state index in [4.69, 9.17) is 4.74 Å². The number of aromatic nitrogens is 2. The van der Waals surface area contributed by atoms with Crippen molar-refractivity contribution in [3.05, 3.63) is 47.2 Å². The van der Waals surface area contributed by atoms with Gasteiger partial charge in [0, 0.05) is 12.7 Å². The largest absolute Gasteiger partial charge is 0.444 e. The van der Waals surface area contributed by atoms with Gasteiger partial charge in [0.05, 0.1) is 17.8 Å². The van der Waals surface area contributed by atoms with Gasteiger partial charge in [-0.05, 0) is 56.8 Å². The number of hydrogen-bond donors (Lipinski definition) is 1. The molecule has 2 aromatic rings. The molecule has 0 bridgehead atoms. The van der Waals surface area contributed by atoms with Gasteiger partial charge in [-0.1, -0.05) is 24.3 Å². The van der Waals surface area contributed by atoms with Crippen LogP contribution in [0.3, 0.4) is 0 Å². The van der Waals surface area contributed by atoms with Crippen LogP contribution >= 0.6 is 0 Å². The van der Waals surface area contributed by atoms with E-state index in [1.807, 2.05) is 6.92 Å². The van der Waals surface area contributed by atoms with Gasteiger partial charge in [-0.2, -0.15) is 4.98 Å². The van der Waals surface area contributed by atoms with Crippen molar-refractivity contribution in [1.82, 2.24) is 14.8 Å². The summed E-state index contributed by atoms with van der Waals surface area (Å²) in [6.45, 7) is 6.61. The molecule has 0 unspecified atom stereocenters. The van der Waals surface area contributed by atoms with Crippen molar-refractivity contribution >= 4 is 31.5 Å². The van der Waals surface area contributed by atoms with E-state index in [2.05, 4.69) is 51.3 Å². The standard InChI is InChI=1S/C22H27BN5O3/c1-3-28-20-19(13-31-22(28)30)10-24-21(26-20)25-15(2)18-8-6-16(7-9-18)4-5-17-11-27(12-17)23-14-29/h6-10,14-15,17H,3-5,11-13H2,1-2H3,(H,24,25,26)/t15-/m0/s1. The van der Waals surface area contributed by atoms with Crippen LogP contribution in [0.4, 0.5) is 16.6 Å². The summed E-state index contributed by atoms with van der Waals surface area (Å²) in [5.74, 6) is 1.77. The average Bonchev–Trinajstić information content (AvgIpc) is 2.75. The molecule has 1 radical (unpaired) electrons. The molecule has 4 rings (SSSR count). The Morgan fingerprint density at radius 1 is 1.32 bits per heavy atom.